The van der Waals surface area contributed by atoms with E-state index in [9.17, 15) is 8.42 Å². The van der Waals surface area contributed by atoms with Crippen LogP contribution in [-0.2, 0) is 10.0 Å². The van der Waals surface area contributed by atoms with Crippen LogP contribution in [0.5, 0.6) is 0 Å². The van der Waals surface area contributed by atoms with Crippen LogP contribution in [0.4, 0.5) is 5.69 Å². The molecule has 0 atom stereocenters. The molecule has 0 aromatic carbocycles. The molecule has 7 heteroatoms. The van der Waals surface area contributed by atoms with Crippen molar-refractivity contribution < 1.29 is 8.42 Å². The summed E-state index contributed by atoms with van der Waals surface area (Å²) in [5.74, 6) is 5.21. The summed E-state index contributed by atoms with van der Waals surface area (Å²) in [6, 6.07) is 1.32. The normalized spacial score (nSPS) is 11.7. The van der Waals surface area contributed by atoms with Gasteiger partial charge in [-0.15, -0.1) is 0 Å². The molecule has 0 aliphatic rings. The lowest BCUT2D eigenvalue weighted by Crippen LogP contribution is -2.31. The van der Waals surface area contributed by atoms with Crippen LogP contribution in [0.15, 0.2) is 23.4 Å². The molecule has 1 rings (SSSR count). The topological polar surface area (TPSA) is 97.1 Å². The summed E-state index contributed by atoms with van der Waals surface area (Å²) in [6.45, 7) is 3.48. The van der Waals surface area contributed by atoms with E-state index in [4.69, 9.17) is 5.84 Å². The van der Waals surface area contributed by atoms with Gasteiger partial charge in [0.25, 0.3) is 0 Å². The first-order valence-corrected chi connectivity index (χ1v) is 5.88. The Labute approximate surface area is 88.9 Å². The van der Waals surface area contributed by atoms with Gasteiger partial charge in [-0.3, -0.25) is 10.8 Å². The Morgan fingerprint density at radius 1 is 1.47 bits per heavy atom. The molecule has 84 valence electrons. The van der Waals surface area contributed by atoms with Crippen LogP contribution in [0.2, 0.25) is 0 Å². The molecule has 0 fully saturated rings. The van der Waals surface area contributed by atoms with Crippen molar-refractivity contribution in [3.05, 3.63) is 18.5 Å². The van der Waals surface area contributed by atoms with Gasteiger partial charge in [0.15, 0.2) is 0 Å². The van der Waals surface area contributed by atoms with Crippen LogP contribution in [0.25, 0.3) is 0 Å². The van der Waals surface area contributed by atoms with Gasteiger partial charge < -0.3 is 5.43 Å². The number of hydrogen-bond acceptors (Lipinski definition) is 5. The van der Waals surface area contributed by atoms with Crippen molar-refractivity contribution in [1.82, 2.24) is 9.71 Å². The number of hydrazine groups is 1. The van der Waals surface area contributed by atoms with E-state index < -0.39 is 10.0 Å². The molecule has 0 aliphatic carbocycles. The summed E-state index contributed by atoms with van der Waals surface area (Å²) in [4.78, 5) is 3.79. The summed E-state index contributed by atoms with van der Waals surface area (Å²) in [6.07, 6.45) is 2.71. The number of nitrogen functional groups attached to an aromatic ring is 1. The SMILES string of the molecule is CC(C)NS(=O)(=O)c1cnccc1NN. The summed E-state index contributed by atoms with van der Waals surface area (Å²) < 4.78 is 26.0. The standard InChI is InChI=1S/C8H14N4O2S/c1-6(2)12-15(13,14)8-5-10-4-3-7(8)11-9/h3-6,12H,9H2,1-2H3,(H,10,11). The molecule has 0 amide bonds. The van der Waals surface area contributed by atoms with Crippen molar-refractivity contribution in [2.24, 2.45) is 5.84 Å². The Morgan fingerprint density at radius 2 is 2.13 bits per heavy atom. The fourth-order valence-corrected chi connectivity index (χ4v) is 2.45. The molecule has 0 unspecified atom stereocenters. The number of nitrogens with zero attached hydrogens (tertiary/aromatic N) is 1. The Bertz CT molecular complexity index is 430. The van der Waals surface area contributed by atoms with E-state index in [0.29, 0.717) is 5.69 Å². The van der Waals surface area contributed by atoms with Crippen LogP contribution >= 0.6 is 0 Å². The zero-order chi connectivity index (χ0) is 11.5. The van der Waals surface area contributed by atoms with Crippen LogP contribution in [0.3, 0.4) is 0 Å². The maximum Gasteiger partial charge on any atom is 0.244 e. The maximum absolute atomic E-state index is 11.8. The highest BCUT2D eigenvalue weighted by Crippen LogP contribution is 2.18. The Kier molecular flexibility index (Phi) is 3.61. The fraction of sp³-hybridized carbons (Fsp3) is 0.375. The van der Waals surface area contributed by atoms with Gasteiger partial charge >= 0.3 is 0 Å². The highest BCUT2D eigenvalue weighted by Gasteiger charge is 2.19. The summed E-state index contributed by atoms with van der Waals surface area (Å²) in [7, 11) is -3.56. The van der Waals surface area contributed by atoms with E-state index in [1.807, 2.05) is 0 Å². The predicted molar refractivity (Wildman–Crippen MR) is 57.5 cm³/mol. The van der Waals surface area contributed by atoms with E-state index in [1.54, 1.807) is 13.8 Å². The average molecular weight is 230 g/mol. The van der Waals surface area contributed by atoms with E-state index in [0.717, 1.165) is 0 Å². The van der Waals surface area contributed by atoms with E-state index in [-0.39, 0.29) is 10.9 Å². The highest BCUT2D eigenvalue weighted by molar-refractivity contribution is 7.89. The molecule has 4 N–H and O–H groups in total. The van der Waals surface area contributed by atoms with Gasteiger partial charge in [-0.2, -0.15) is 0 Å². The molecule has 0 bridgehead atoms. The van der Waals surface area contributed by atoms with E-state index in [2.05, 4.69) is 15.1 Å². The van der Waals surface area contributed by atoms with Gasteiger partial charge in [-0.25, -0.2) is 13.1 Å². The quantitative estimate of drug-likeness (QED) is 0.502. The Balaban J connectivity index is 3.15. The van der Waals surface area contributed by atoms with Crippen molar-refractivity contribution in [1.29, 1.82) is 0 Å². The zero-order valence-corrected chi connectivity index (χ0v) is 9.38. The summed E-state index contributed by atoms with van der Waals surface area (Å²) in [5.41, 5.74) is 2.63. The third-order valence-corrected chi connectivity index (χ3v) is 3.31. The first kappa shape index (κ1) is 11.9. The van der Waals surface area contributed by atoms with Crippen LogP contribution in [-0.4, -0.2) is 19.4 Å². The highest BCUT2D eigenvalue weighted by atomic mass is 32.2. The molecule has 1 aromatic rings. The van der Waals surface area contributed by atoms with Crippen LogP contribution in [0.1, 0.15) is 13.8 Å². The van der Waals surface area contributed by atoms with Gasteiger partial charge in [0.2, 0.25) is 10.0 Å². The van der Waals surface area contributed by atoms with Crippen molar-refractivity contribution in [3.63, 3.8) is 0 Å². The third kappa shape index (κ3) is 2.88. The molecular weight excluding hydrogens is 216 g/mol. The number of aromatic nitrogens is 1. The third-order valence-electron chi connectivity index (χ3n) is 1.62. The second kappa shape index (κ2) is 4.56. The predicted octanol–water partition coefficient (Wildman–Crippen LogP) is 0.0539. The smallest absolute Gasteiger partial charge is 0.244 e. The average Bonchev–Trinajstić information content (AvgIpc) is 2.16. The molecular formula is C8H14N4O2S. The van der Waals surface area contributed by atoms with Crippen LogP contribution < -0.4 is 16.0 Å². The van der Waals surface area contributed by atoms with Crippen LogP contribution in [0, 0.1) is 0 Å². The van der Waals surface area contributed by atoms with Crippen molar-refractivity contribution in [2.45, 2.75) is 24.8 Å². The minimum absolute atomic E-state index is 0.0428. The maximum atomic E-state index is 11.8. The van der Waals surface area contributed by atoms with Crippen molar-refractivity contribution >= 4 is 15.7 Å². The molecule has 0 aliphatic heterocycles. The van der Waals surface area contributed by atoms with Crippen molar-refractivity contribution in [2.75, 3.05) is 5.43 Å². The van der Waals surface area contributed by atoms with E-state index >= 15 is 0 Å². The molecule has 6 nitrogen and oxygen atoms in total. The largest absolute Gasteiger partial charge is 0.323 e. The molecule has 1 aromatic heterocycles. The molecule has 1 heterocycles. The first-order valence-electron chi connectivity index (χ1n) is 4.40. The summed E-state index contributed by atoms with van der Waals surface area (Å²) >= 11 is 0. The fourth-order valence-electron chi connectivity index (χ4n) is 1.09. The van der Waals surface area contributed by atoms with Crippen molar-refractivity contribution in [3.8, 4) is 0 Å². The Morgan fingerprint density at radius 3 is 2.67 bits per heavy atom. The van der Waals surface area contributed by atoms with Gasteiger partial charge in [-0.05, 0) is 19.9 Å². The Hall–Kier alpha value is -1.18. The number of nitrogens with two attached hydrogens (primary N) is 1. The van der Waals surface area contributed by atoms with Gasteiger partial charge in [-0.1, -0.05) is 0 Å². The number of pyridine rings is 1. The van der Waals surface area contributed by atoms with Gasteiger partial charge in [0.1, 0.15) is 4.90 Å². The number of anilines is 1. The number of rotatable bonds is 4. The van der Waals surface area contributed by atoms with Gasteiger partial charge in [0.05, 0.1) is 5.69 Å². The van der Waals surface area contributed by atoms with Gasteiger partial charge in [0, 0.05) is 18.4 Å². The minimum atomic E-state index is -3.56. The molecule has 15 heavy (non-hydrogen) atoms. The lowest BCUT2D eigenvalue weighted by molar-refractivity contribution is 0.570. The molecule has 0 spiro atoms. The lowest BCUT2D eigenvalue weighted by Gasteiger charge is -2.12. The number of nitrogens with one attached hydrogen (secondary N) is 2. The number of sulfonamides is 1. The van der Waals surface area contributed by atoms with E-state index in [1.165, 1.54) is 18.5 Å². The second-order valence-corrected chi connectivity index (χ2v) is 4.97. The first-order chi connectivity index (χ1) is 6.97. The second-order valence-electron chi connectivity index (χ2n) is 3.29. The lowest BCUT2D eigenvalue weighted by atomic mass is 10.4. The molecule has 0 saturated carbocycles. The molecule has 0 radical (unpaired) electrons. The monoisotopic (exact) mass is 230 g/mol. The summed E-state index contributed by atoms with van der Waals surface area (Å²) in [5, 5.41) is 0. The number of hydrogen-bond donors (Lipinski definition) is 3. The molecule has 0 saturated heterocycles. The zero-order valence-electron chi connectivity index (χ0n) is 8.56. The minimum Gasteiger partial charge on any atom is -0.323 e.